The lowest BCUT2D eigenvalue weighted by molar-refractivity contribution is 0.716. The first-order valence-corrected chi connectivity index (χ1v) is 6.59. The van der Waals surface area contributed by atoms with Gasteiger partial charge in [0.05, 0.1) is 21.4 Å². The molecule has 0 saturated heterocycles. The van der Waals surface area contributed by atoms with E-state index in [-0.39, 0.29) is 0 Å². The van der Waals surface area contributed by atoms with Crippen LogP contribution in [0.2, 0.25) is 10.0 Å². The molecule has 0 saturated carbocycles. The summed E-state index contributed by atoms with van der Waals surface area (Å²) < 4.78 is 1.74. The van der Waals surface area contributed by atoms with Crippen LogP contribution in [0, 0.1) is 6.92 Å². The third kappa shape index (κ3) is 2.69. The maximum atomic E-state index is 6.27. The van der Waals surface area contributed by atoms with E-state index in [1.54, 1.807) is 10.9 Å². The van der Waals surface area contributed by atoms with Gasteiger partial charge in [-0.05, 0) is 25.1 Å². The summed E-state index contributed by atoms with van der Waals surface area (Å²) in [5, 5.41) is 8.99. The van der Waals surface area contributed by atoms with E-state index in [1.165, 1.54) is 0 Å². The van der Waals surface area contributed by atoms with E-state index in [1.807, 2.05) is 25.1 Å². The molecule has 5 heteroatoms. The maximum Gasteiger partial charge on any atom is 0.0877 e. The Labute approximate surface area is 117 Å². The lowest BCUT2D eigenvalue weighted by Gasteiger charge is -2.11. The molecule has 0 amide bonds. The first kappa shape index (κ1) is 13.4. The number of rotatable bonds is 4. The highest BCUT2D eigenvalue weighted by Gasteiger charge is 2.11. The van der Waals surface area contributed by atoms with Crippen molar-refractivity contribution in [3.8, 4) is 5.69 Å². The van der Waals surface area contributed by atoms with Gasteiger partial charge >= 0.3 is 0 Å². The Kier molecular flexibility index (Phi) is 4.27. The van der Waals surface area contributed by atoms with Crippen LogP contribution in [0.1, 0.15) is 18.2 Å². The number of aryl methyl sites for hydroxylation is 1. The summed E-state index contributed by atoms with van der Waals surface area (Å²) in [4.78, 5) is 0. The van der Waals surface area contributed by atoms with Crippen molar-refractivity contribution in [2.75, 3.05) is 6.54 Å². The molecular formula is C13H15Cl2N3. The minimum absolute atomic E-state index is 0.643. The van der Waals surface area contributed by atoms with Crippen molar-refractivity contribution in [2.24, 2.45) is 0 Å². The second kappa shape index (κ2) is 5.74. The van der Waals surface area contributed by atoms with Crippen LogP contribution in [0.15, 0.2) is 24.4 Å². The summed E-state index contributed by atoms with van der Waals surface area (Å²) in [7, 11) is 0. The van der Waals surface area contributed by atoms with E-state index >= 15 is 0 Å². The van der Waals surface area contributed by atoms with Crippen LogP contribution in [0.5, 0.6) is 0 Å². The van der Waals surface area contributed by atoms with Crippen molar-refractivity contribution in [1.82, 2.24) is 15.1 Å². The molecule has 1 heterocycles. The Bertz CT molecular complexity index is 530. The first-order chi connectivity index (χ1) is 8.63. The van der Waals surface area contributed by atoms with E-state index in [0.29, 0.717) is 10.0 Å². The second-order valence-electron chi connectivity index (χ2n) is 4.03. The van der Waals surface area contributed by atoms with Crippen molar-refractivity contribution >= 4 is 23.2 Å². The quantitative estimate of drug-likeness (QED) is 0.929. The minimum atomic E-state index is 0.643. The van der Waals surface area contributed by atoms with Crippen LogP contribution < -0.4 is 5.32 Å². The monoisotopic (exact) mass is 283 g/mol. The molecule has 1 aromatic carbocycles. The average Bonchev–Trinajstić information content (AvgIpc) is 2.66. The van der Waals surface area contributed by atoms with Gasteiger partial charge in [0.1, 0.15) is 0 Å². The van der Waals surface area contributed by atoms with Crippen LogP contribution in [0.3, 0.4) is 0 Å². The smallest absolute Gasteiger partial charge is 0.0877 e. The highest BCUT2D eigenvalue weighted by atomic mass is 35.5. The van der Waals surface area contributed by atoms with Crippen LogP contribution in [-0.4, -0.2) is 16.3 Å². The van der Waals surface area contributed by atoms with Gasteiger partial charge in [-0.25, -0.2) is 4.68 Å². The van der Waals surface area contributed by atoms with Gasteiger partial charge in [0, 0.05) is 12.7 Å². The van der Waals surface area contributed by atoms with Crippen molar-refractivity contribution in [3.63, 3.8) is 0 Å². The summed E-state index contributed by atoms with van der Waals surface area (Å²) >= 11 is 12.3. The molecule has 0 fully saturated rings. The Morgan fingerprint density at radius 2 is 2.06 bits per heavy atom. The van der Waals surface area contributed by atoms with Gasteiger partial charge < -0.3 is 5.32 Å². The number of aromatic nitrogens is 2. The molecule has 1 aromatic heterocycles. The fraction of sp³-hybridized carbons (Fsp3) is 0.308. The molecule has 0 spiro atoms. The third-order valence-electron chi connectivity index (χ3n) is 2.70. The molecule has 1 N–H and O–H groups in total. The highest BCUT2D eigenvalue weighted by Crippen LogP contribution is 2.26. The lowest BCUT2D eigenvalue weighted by Crippen LogP contribution is -2.14. The van der Waals surface area contributed by atoms with Gasteiger partial charge in [-0.1, -0.05) is 42.3 Å². The van der Waals surface area contributed by atoms with E-state index in [2.05, 4.69) is 17.3 Å². The number of halogens is 2. The molecule has 18 heavy (non-hydrogen) atoms. The largest absolute Gasteiger partial charge is 0.313 e. The predicted octanol–water partition coefficient (Wildman–Crippen LogP) is 3.60. The van der Waals surface area contributed by atoms with Gasteiger partial charge in [0.15, 0.2) is 0 Å². The molecule has 0 unspecified atom stereocenters. The van der Waals surface area contributed by atoms with Gasteiger partial charge in [-0.2, -0.15) is 5.10 Å². The number of para-hydroxylation sites is 1. The van der Waals surface area contributed by atoms with Crippen LogP contribution in [0.4, 0.5) is 0 Å². The van der Waals surface area contributed by atoms with E-state index < -0.39 is 0 Å². The average molecular weight is 284 g/mol. The SMILES string of the molecule is CCNCc1cccc(Cl)c1-n1cc(Cl)c(C)n1. The summed E-state index contributed by atoms with van der Waals surface area (Å²) in [6, 6.07) is 5.84. The lowest BCUT2D eigenvalue weighted by atomic mass is 10.1. The fourth-order valence-corrected chi connectivity index (χ4v) is 2.18. The minimum Gasteiger partial charge on any atom is -0.313 e. The normalized spacial score (nSPS) is 10.9. The topological polar surface area (TPSA) is 29.9 Å². The zero-order valence-corrected chi connectivity index (χ0v) is 11.9. The summed E-state index contributed by atoms with van der Waals surface area (Å²) in [5.74, 6) is 0. The standard InChI is InChI=1S/C13H15Cl2N3/c1-3-16-7-10-5-4-6-11(14)13(10)18-8-12(15)9(2)17-18/h4-6,8,16H,3,7H2,1-2H3. The van der Waals surface area contributed by atoms with Crippen molar-refractivity contribution in [2.45, 2.75) is 20.4 Å². The Balaban J connectivity index is 2.47. The number of benzene rings is 1. The van der Waals surface area contributed by atoms with Crippen molar-refractivity contribution in [3.05, 3.63) is 45.7 Å². The third-order valence-corrected chi connectivity index (χ3v) is 3.38. The summed E-state index contributed by atoms with van der Waals surface area (Å²) in [6.45, 7) is 5.60. The van der Waals surface area contributed by atoms with E-state index in [0.717, 1.165) is 30.0 Å². The fourth-order valence-electron chi connectivity index (χ4n) is 1.77. The zero-order valence-electron chi connectivity index (χ0n) is 10.4. The van der Waals surface area contributed by atoms with Crippen LogP contribution in [0.25, 0.3) is 5.69 Å². The molecular weight excluding hydrogens is 269 g/mol. The molecule has 0 aliphatic heterocycles. The predicted molar refractivity (Wildman–Crippen MR) is 75.7 cm³/mol. The molecule has 0 bridgehead atoms. The Hall–Kier alpha value is -1.03. The van der Waals surface area contributed by atoms with E-state index in [9.17, 15) is 0 Å². The summed E-state index contributed by atoms with van der Waals surface area (Å²) in [5.41, 5.74) is 2.78. The van der Waals surface area contributed by atoms with Crippen molar-refractivity contribution in [1.29, 1.82) is 0 Å². The summed E-state index contributed by atoms with van der Waals surface area (Å²) in [6.07, 6.45) is 1.79. The maximum absolute atomic E-state index is 6.27. The molecule has 0 aliphatic carbocycles. The van der Waals surface area contributed by atoms with Gasteiger partial charge in [-0.15, -0.1) is 0 Å². The number of nitrogens with zero attached hydrogens (tertiary/aromatic N) is 2. The van der Waals surface area contributed by atoms with Gasteiger partial charge in [-0.3, -0.25) is 0 Å². The molecule has 0 atom stereocenters. The molecule has 3 nitrogen and oxygen atoms in total. The molecule has 0 radical (unpaired) electrons. The Morgan fingerprint density at radius 3 is 2.67 bits per heavy atom. The van der Waals surface area contributed by atoms with Crippen LogP contribution in [-0.2, 0) is 6.54 Å². The van der Waals surface area contributed by atoms with Gasteiger partial charge in [0.25, 0.3) is 0 Å². The Morgan fingerprint density at radius 1 is 1.28 bits per heavy atom. The van der Waals surface area contributed by atoms with Crippen LogP contribution >= 0.6 is 23.2 Å². The second-order valence-corrected chi connectivity index (χ2v) is 4.85. The molecule has 96 valence electrons. The molecule has 2 rings (SSSR count). The highest BCUT2D eigenvalue weighted by molar-refractivity contribution is 6.32. The number of nitrogens with one attached hydrogen (secondary N) is 1. The zero-order chi connectivity index (χ0) is 13.1. The van der Waals surface area contributed by atoms with Gasteiger partial charge in [0.2, 0.25) is 0 Å². The number of hydrogen-bond acceptors (Lipinski definition) is 2. The van der Waals surface area contributed by atoms with Crippen molar-refractivity contribution < 1.29 is 0 Å². The molecule has 2 aromatic rings. The molecule has 0 aliphatic rings. The van der Waals surface area contributed by atoms with E-state index in [4.69, 9.17) is 23.2 Å². The first-order valence-electron chi connectivity index (χ1n) is 5.83. The number of hydrogen-bond donors (Lipinski definition) is 1.